The molecule has 2 rings (SSSR count). The SMILES string of the molecule is CCCCC1NC(=O)CNC(=O)C(NC(=O)C(N)CC(=O)O)C(C)OC(=O)C(CC(=O)c2ccccc2N)NC(=O)C(C(C)CC(=O)O)NC(=O)C(CO)NC(=O)CNC(=O)C(CC(=O)O)NC(=O)C(C)NC(=O)C(CC(=O)O)NC1=O. The van der Waals surface area contributed by atoms with Crippen molar-refractivity contribution in [2.24, 2.45) is 11.7 Å². The van der Waals surface area contributed by atoms with Crippen molar-refractivity contribution < 1.29 is 107 Å². The minimum atomic E-state index is -2.16. The number of ether oxygens (including phenoxy) is 1. The number of anilines is 1. The number of para-hydroxylation sites is 1. The Morgan fingerprint density at radius 1 is 0.622 bits per heavy atom. The Morgan fingerprint density at radius 3 is 1.68 bits per heavy atom. The second-order valence-electron chi connectivity index (χ2n) is 18.7. The maximum Gasteiger partial charge on any atom is 0.329 e. The number of benzene rings is 1. The van der Waals surface area contributed by atoms with E-state index in [1.165, 1.54) is 24.3 Å². The molecule has 1 fully saturated rings. The molecule has 1 saturated heterocycles. The van der Waals surface area contributed by atoms with Gasteiger partial charge in [-0.1, -0.05) is 38.8 Å². The lowest BCUT2D eigenvalue weighted by molar-refractivity contribution is -0.156. The van der Waals surface area contributed by atoms with Gasteiger partial charge in [-0.25, -0.2) is 4.79 Å². The summed E-state index contributed by atoms with van der Waals surface area (Å²) in [6.07, 6.45) is -6.66. The Balaban J connectivity index is 2.83. The molecule has 1 heterocycles. The second-order valence-corrected chi connectivity index (χ2v) is 18.7. The van der Waals surface area contributed by atoms with Gasteiger partial charge in [0.05, 0.1) is 51.4 Å². The summed E-state index contributed by atoms with van der Waals surface area (Å²) < 4.78 is 5.51. The lowest BCUT2D eigenvalue weighted by atomic mass is 9.96. The Morgan fingerprint density at radius 2 is 1.13 bits per heavy atom. The van der Waals surface area contributed by atoms with Gasteiger partial charge in [-0.05, 0) is 38.3 Å². The van der Waals surface area contributed by atoms with Gasteiger partial charge in [-0.2, -0.15) is 0 Å². The highest BCUT2D eigenvalue weighted by atomic mass is 16.5. The van der Waals surface area contributed by atoms with Crippen LogP contribution in [0.1, 0.15) is 89.4 Å². The van der Waals surface area contributed by atoms with Crippen LogP contribution in [0.2, 0.25) is 0 Å². The molecular formula is C48H68N12O22. The molecule has 1 aromatic carbocycles. The normalized spacial score (nSPS) is 24.4. The van der Waals surface area contributed by atoms with Gasteiger partial charge < -0.3 is 94.9 Å². The van der Waals surface area contributed by atoms with Crippen LogP contribution in [-0.4, -0.2) is 200 Å². The zero-order valence-corrected chi connectivity index (χ0v) is 44.8. The number of aliphatic hydroxyl groups is 1. The number of amides is 10. The fraction of sp³-hybridized carbons (Fsp3) is 0.542. The van der Waals surface area contributed by atoms with E-state index in [1.54, 1.807) is 6.92 Å². The molecule has 0 radical (unpaired) electrons. The average Bonchev–Trinajstić information content (AvgIpc) is 3.41. The van der Waals surface area contributed by atoms with E-state index < -0.39 is 213 Å². The third-order valence-corrected chi connectivity index (χ3v) is 11.9. The number of carbonyl (C=O) groups is 16. The number of hydrogen-bond acceptors (Lipinski definition) is 20. The first-order valence-electron chi connectivity index (χ1n) is 25.2. The van der Waals surface area contributed by atoms with Crippen molar-refractivity contribution in [3.05, 3.63) is 29.8 Å². The van der Waals surface area contributed by atoms with E-state index in [2.05, 4.69) is 37.2 Å². The summed E-state index contributed by atoms with van der Waals surface area (Å²) in [6, 6.07) is -12.0. The summed E-state index contributed by atoms with van der Waals surface area (Å²) in [7, 11) is 0. The van der Waals surface area contributed by atoms with E-state index in [0.29, 0.717) is 6.42 Å². The number of aliphatic hydroxyl groups excluding tert-OH is 1. The molecule has 1 aromatic rings. The van der Waals surface area contributed by atoms with Crippen LogP contribution in [0, 0.1) is 5.92 Å². The van der Waals surface area contributed by atoms with Gasteiger partial charge >= 0.3 is 29.8 Å². The van der Waals surface area contributed by atoms with Crippen molar-refractivity contribution >= 4 is 100 Å². The third kappa shape index (κ3) is 23.2. The molecular weight excluding hydrogens is 1100 g/mol. The molecule has 0 saturated carbocycles. The number of ketones is 1. The number of carboxylic acids is 4. The largest absolute Gasteiger partial charge is 0.481 e. The zero-order valence-electron chi connectivity index (χ0n) is 44.8. The fourth-order valence-corrected chi connectivity index (χ4v) is 7.53. The summed E-state index contributed by atoms with van der Waals surface area (Å²) in [5.74, 6) is -23.3. The van der Waals surface area contributed by atoms with E-state index in [9.17, 15) is 102 Å². The van der Waals surface area contributed by atoms with Gasteiger partial charge in [0.2, 0.25) is 59.1 Å². The van der Waals surface area contributed by atoms with Crippen LogP contribution in [0.15, 0.2) is 24.3 Å². The maximum atomic E-state index is 14.2. The molecule has 10 amide bonds. The smallest absolute Gasteiger partial charge is 0.329 e. The number of nitrogens with two attached hydrogens (primary N) is 2. The van der Waals surface area contributed by atoms with Gasteiger partial charge in [0.1, 0.15) is 54.4 Å². The van der Waals surface area contributed by atoms with Crippen LogP contribution in [0.3, 0.4) is 0 Å². The topological polar surface area (TPSA) is 556 Å². The molecule has 0 aromatic heterocycles. The van der Waals surface area contributed by atoms with Crippen LogP contribution in [-0.2, 0) is 76.7 Å². The van der Waals surface area contributed by atoms with Crippen molar-refractivity contribution in [3.8, 4) is 0 Å². The molecule has 1 aliphatic heterocycles. The van der Waals surface area contributed by atoms with Gasteiger partial charge in [-0.15, -0.1) is 0 Å². The van der Waals surface area contributed by atoms with Crippen LogP contribution >= 0.6 is 0 Å². The summed E-state index contributed by atoms with van der Waals surface area (Å²) in [5.41, 5.74) is 11.4. The monoisotopic (exact) mass is 1160 g/mol. The van der Waals surface area contributed by atoms with Crippen LogP contribution in [0.5, 0.6) is 0 Å². The first-order chi connectivity index (χ1) is 38.4. The number of unbranched alkanes of at least 4 members (excludes halogenated alkanes) is 1. The molecule has 0 aliphatic carbocycles. The maximum absolute atomic E-state index is 14.2. The van der Waals surface area contributed by atoms with E-state index in [4.69, 9.17) is 16.2 Å². The highest BCUT2D eigenvalue weighted by Crippen LogP contribution is 2.17. The molecule has 34 nitrogen and oxygen atoms in total. The Kier molecular flexibility index (Phi) is 27.9. The minimum absolute atomic E-state index is 0.115. The number of hydrogen-bond donors (Lipinski definition) is 17. The number of Topliss-reactive ketones (excluding diaryl/α,β-unsaturated/α-hetero) is 1. The number of aliphatic carboxylic acids is 4. The average molecular weight is 1170 g/mol. The van der Waals surface area contributed by atoms with Crippen molar-refractivity contribution in [1.29, 1.82) is 0 Å². The fourth-order valence-electron chi connectivity index (χ4n) is 7.53. The molecule has 452 valence electrons. The van der Waals surface area contributed by atoms with E-state index in [1.807, 2.05) is 16.0 Å². The number of carboxylic acid groups (broad SMARTS) is 4. The van der Waals surface area contributed by atoms with Crippen LogP contribution in [0.4, 0.5) is 5.69 Å². The standard InChI is InChI=1S/C48H68N12O22/c1-5-6-11-26-43(76)57-28(16-37(71)72)44(77)53-21(3)40(73)56-27(15-36(69)70)42(75)51-17-33(64)55-30(19-61)45(78)59-38(20(2)12-34(65)66)47(80)58-29(14-31(62)23-9-7-8-10-24(23)49)48(81)82-22(4)39(46(79)52-18-32(63)54-26)60-41(74)25(50)13-35(67)68/h7-10,20-22,25-30,38-39,61H,5-6,11-19,49-50H2,1-4H3,(H,51,75)(H,52,79)(H,53,77)(H,54,63)(H,55,64)(H,56,73)(H,57,76)(H,58,80)(H,59,78)(H,60,74)(H,65,66)(H,67,68)(H,69,70)(H,71,72). The lowest BCUT2D eigenvalue weighted by Crippen LogP contribution is -2.60. The Labute approximate surface area is 466 Å². The van der Waals surface area contributed by atoms with Crippen molar-refractivity contribution in [2.45, 2.75) is 140 Å². The van der Waals surface area contributed by atoms with Gasteiger partial charge in [-0.3, -0.25) is 71.9 Å². The molecule has 0 bridgehead atoms. The molecule has 34 heteroatoms. The van der Waals surface area contributed by atoms with Crippen LogP contribution < -0.4 is 64.6 Å². The quantitative estimate of drug-likeness (QED) is 0.0369. The first kappa shape index (κ1) is 68.8. The van der Waals surface area contributed by atoms with E-state index >= 15 is 0 Å². The van der Waals surface area contributed by atoms with Gasteiger partial charge in [0, 0.05) is 17.7 Å². The molecule has 1 aliphatic rings. The molecule has 11 atom stereocenters. The summed E-state index contributed by atoms with van der Waals surface area (Å²) >= 11 is 0. The first-order valence-corrected chi connectivity index (χ1v) is 25.2. The molecule has 11 unspecified atom stereocenters. The molecule has 0 spiro atoms. The highest BCUT2D eigenvalue weighted by molar-refractivity contribution is 6.04. The number of nitrogens with one attached hydrogen (secondary N) is 10. The number of nitrogen functional groups attached to an aromatic ring is 1. The number of rotatable bonds is 18. The molecule has 82 heavy (non-hydrogen) atoms. The number of esters is 1. The van der Waals surface area contributed by atoms with Crippen molar-refractivity contribution in [1.82, 2.24) is 53.2 Å². The number of cyclic esters (lactones) is 1. The van der Waals surface area contributed by atoms with E-state index in [0.717, 1.165) is 20.8 Å². The van der Waals surface area contributed by atoms with Gasteiger partial charge in [0.15, 0.2) is 5.78 Å². The second kappa shape index (κ2) is 33.3. The third-order valence-electron chi connectivity index (χ3n) is 11.9. The van der Waals surface area contributed by atoms with E-state index in [-0.39, 0.29) is 24.1 Å². The summed E-state index contributed by atoms with van der Waals surface area (Å²) in [4.78, 5) is 210. The van der Waals surface area contributed by atoms with Crippen LogP contribution in [0.25, 0.3) is 0 Å². The zero-order chi connectivity index (χ0) is 62.1. The predicted molar refractivity (Wildman–Crippen MR) is 275 cm³/mol. The Hall–Kier alpha value is -9.34. The van der Waals surface area contributed by atoms with Gasteiger partial charge in [0.25, 0.3) is 0 Å². The predicted octanol–water partition coefficient (Wildman–Crippen LogP) is -7.04. The summed E-state index contributed by atoms with van der Waals surface area (Å²) in [6.45, 7) is 1.43. The lowest BCUT2D eigenvalue weighted by Gasteiger charge is -2.29. The summed E-state index contributed by atoms with van der Waals surface area (Å²) in [5, 5.41) is 69.4. The Bertz CT molecular complexity index is 2600. The molecule has 19 N–H and O–H groups in total. The highest BCUT2D eigenvalue weighted by Gasteiger charge is 2.39. The van der Waals surface area contributed by atoms with Crippen molar-refractivity contribution in [2.75, 3.05) is 25.4 Å². The minimum Gasteiger partial charge on any atom is -0.481 e. The number of carbonyl (C=O) groups excluding carboxylic acids is 12. The van der Waals surface area contributed by atoms with Crippen molar-refractivity contribution in [3.63, 3.8) is 0 Å².